The predicted octanol–water partition coefficient (Wildman–Crippen LogP) is 2.70. The largest absolute Gasteiger partial charge is 0.453 e. The summed E-state index contributed by atoms with van der Waals surface area (Å²) in [5.41, 5.74) is -2.95. The zero-order chi connectivity index (χ0) is 23.8. The summed E-state index contributed by atoms with van der Waals surface area (Å²) in [5, 5.41) is 12.5. The van der Waals surface area contributed by atoms with Gasteiger partial charge < -0.3 is 9.72 Å². The van der Waals surface area contributed by atoms with Crippen molar-refractivity contribution in [2.75, 3.05) is 0 Å². The van der Waals surface area contributed by atoms with Gasteiger partial charge >= 0.3 is 5.69 Å². The van der Waals surface area contributed by atoms with Crippen LogP contribution in [0.1, 0.15) is 35.1 Å². The quantitative estimate of drug-likeness (QED) is 0.645. The van der Waals surface area contributed by atoms with Crippen molar-refractivity contribution in [1.29, 1.82) is 5.26 Å². The minimum atomic E-state index is -2.40. The maximum absolute atomic E-state index is 12.1. The van der Waals surface area contributed by atoms with E-state index < -0.39 is 35.3 Å². The van der Waals surface area contributed by atoms with E-state index in [0.29, 0.717) is 0 Å². The zero-order valence-electron chi connectivity index (χ0n) is 17.6. The van der Waals surface area contributed by atoms with Crippen LogP contribution < -0.4 is 21.5 Å². The SMILES string of the molecule is [2H]C([2H])([2H])C(C)c1cc(Oc2c(Cl)cc(-n3nc(C#N)c(=O)[nH]c3=O)cc2Cl)c[nH]c1=O. The molecule has 0 fully saturated rings. The molecule has 0 saturated carbocycles. The van der Waals surface area contributed by atoms with Crippen LogP contribution >= 0.6 is 23.2 Å². The van der Waals surface area contributed by atoms with Crippen LogP contribution in [0.3, 0.4) is 0 Å². The third-order valence-electron chi connectivity index (χ3n) is 3.75. The molecule has 2 heterocycles. The van der Waals surface area contributed by atoms with Crippen molar-refractivity contribution in [2.45, 2.75) is 19.7 Å². The number of pyridine rings is 1. The number of halogens is 2. The van der Waals surface area contributed by atoms with Gasteiger partial charge in [0.1, 0.15) is 11.8 Å². The van der Waals surface area contributed by atoms with E-state index in [2.05, 4.69) is 10.1 Å². The van der Waals surface area contributed by atoms with Crippen LogP contribution in [0.2, 0.25) is 10.0 Å². The van der Waals surface area contributed by atoms with Crippen molar-refractivity contribution in [3.8, 4) is 23.3 Å². The second-order valence-corrected chi connectivity index (χ2v) is 6.63. The van der Waals surface area contributed by atoms with Gasteiger partial charge in [-0.25, -0.2) is 4.79 Å². The second-order valence-electron chi connectivity index (χ2n) is 5.81. The van der Waals surface area contributed by atoms with Crippen LogP contribution in [0.15, 0.2) is 38.8 Å². The van der Waals surface area contributed by atoms with E-state index in [1.165, 1.54) is 31.3 Å². The van der Waals surface area contributed by atoms with Gasteiger partial charge in [-0.2, -0.15) is 9.94 Å². The lowest BCUT2D eigenvalue weighted by atomic mass is 10.1. The van der Waals surface area contributed by atoms with Crippen molar-refractivity contribution >= 4 is 23.2 Å². The van der Waals surface area contributed by atoms with Gasteiger partial charge in [0.2, 0.25) is 5.69 Å². The predicted molar refractivity (Wildman–Crippen MR) is 106 cm³/mol. The second kappa shape index (κ2) is 7.95. The fraction of sp³-hybridized carbons (Fsp3) is 0.167. The van der Waals surface area contributed by atoms with E-state index in [-0.39, 0.29) is 32.8 Å². The Balaban J connectivity index is 2.03. The fourth-order valence-electron chi connectivity index (χ4n) is 2.39. The van der Waals surface area contributed by atoms with Crippen molar-refractivity contribution in [3.63, 3.8) is 0 Å². The monoisotopic (exact) mass is 436 g/mol. The molecule has 1 aromatic carbocycles. The number of nitriles is 1. The van der Waals surface area contributed by atoms with Gasteiger partial charge in [-0.1, -0.05) is 37.0 Å². The molecule has 2 N–H and O–H groups in total. The molecule has 11 heteroatoms. The molecular weight excluding hydrogens is 421 g/mol. The third-order valence-corrected chi connectivity index (χ3v) is 4.31. The Labute approximate surface area is 177 Å². The first-order chi connectivity index (χ1) is 14.9. The Hall–Kier alpha value is -3.35. The number of ether oxygens (including phenoxy) is 1. The highest BCUT2D eigenvalue weighted by Gasteiger charge is 2.16. The van der Waals surface area contributed by atoms with Crippen molar-refractivity contribution in [1.82, 2.24) is 19.7 Å². The van der Waals surface area contributed by atoms with Gasteiger partial charge in [-0.3, -0.25) is 14.6 Å². The molecule has 1 atom stereocenters. The molecule has 29 heavy (non-hydrogen) atoms. The van der Waals surface area contributed by atoms with Gasteiger partial charge in [0.05, 0.1) is 15.7 Å². The summed E-state index contributed by atoms with van der Waals surface area (Å²) >= 11 is 12.5. The normalized spacial score (nSPS) is 13.7. The Bertz CT molecular complexity index is 1400. The van der Waals surface area contributed by atoms with E-state index in [0.717, 1.165) is 4.68 Å². The van der Waals surface area contributed by atoms with Crippen LogP contribution in [0.4, 0.5) is 0 Å². The summed E-state index contributed by atoms with van der Waals surface area (Å²) in [6, 6.07) is 5.34. The average molecular weight is 437 g/mol. The maximum atomic E-state index is 12.1. The number of H-pyrrole nitrogens is 2. The maximum Gasteiger partial charge on any atom is 0.349 e. The highest BCUT2D eigenvalue weighted by Crippen LogP contribution is 2.38. The molecule has 148 valence electrons. The van der Waals surface area contributed by atoms with Gasteiger partial charge in [0.15, 0.2) is 5.75 Å². The number of aromatic nitrogens is 4. The first-order valence-electron chi connectivity index (χ1n) is 9.46. The van der Waals surface area contributed by atoms with Crippen LogP contribution in [0.5, 0.6) is 11.5 Å². The molecule has 0 aliphatic rings. The van der Waals surface area contributed by atoms with E-state index in [9.17, 15) is 14.4 Å². The van der Waals surface area contributed by atoms with E-state index in [1.807, 2.05) is 4.98 Å². The van der Waals surface area contributed by atoms with Gasteiger partial charge in [-0.15, -0.1) is 5.10 Å². The van der Waals surface area contributed by atoms with E-state index in [1.54, 1.807) is 6.07 Å². The summed E-state index contributed by atoms with van der Waals surface area (Å²) < 4.78 is 28.9. The highest BCUT2D eigenvalue weighted by atomic mass is 35.5. The summed E-state index contributed by atoms with van der Waals surface area (Å²) in [5.74, 6) is -1.04. The molecule has 3 aromatic rings. The Kier molecular flexibility index (Phi) is 4.55. The third kappa shape index (κ3) is 4.08. The van der Waals surface area contributed by atoms with Gasteiger partial charge in [0, 0.05) is 15.9 Å². The topological polar surface area (TPSA) is 134 Å². The number of rotatable bonds is 4. The number of benzene rings is 1. The smallest absolute Gasteiger partial charge is 0.349 e. The molecule has 0 radical (unpaired) electrons. The molecular formula is C18H13Cl2N5O4. The van der Waals surface area contributed by atoms with Crippen molar-refractivity contribution in [2.24, 2.45) is 0 Å². The van der Waals surface area contributed by atoms with Crippen LogP contribution in [0.25, 0.3) is 5.69 Å². The zero-order valence-corrected chi connectivity index (χ0v) is 16.1. The summed E-state index contributed by atoms with van der Waals surface area (Å²) in [7, 11) is 0. The average Bonchev–Trinajstić information content (AvgIpc) is 2.70. The summed E-state index contributed by atoms with van der Waals surface area (Å²) in [6.07, 6.45) is 1.21. The number of hydrogen-bond acceptors (Lipinski definition) is 6. The molecule has 0 amide bonds. The standard InChI is InChI=1S/C18H13Cl2N5O4/c1-8(2)11-5-10(7-22-16(11)26)29-15-12(19)3-9(4-13(15)20)25-18(28)23-17(27)14(6-21)24-25/h3-5,7-8H,1-2H3,(H,22,26)(H,23,27,28)/i1D3. The molecule has 0 aliphatic heterocycles. The minimum Gasteiger partial charge on any atom is -0.453 e. The van der Waals surface area contributed by atoms with Gasteiger partial charge in [-0.05, 0) is 24.1 Å². The lowest BCUT2D eigenvalue weighted by Crippen LogP contribution is -2.33. The fourth-order valence-corrected chi connectivity index (χ4v) is 2.95. The first kappa shape index (κ1) is 16.6. The lowest BCUT2D eigenvalue weighted by Gasteiger charge is -2.13. The molecule has 0 bridgehead atoms. The van der Waals surface area contributed by atoms with Crippen molar-refractivity contribution in [3.05, 3.63) is 76.9 Å². The van der Waals surface area contributed by atoms with Crippen LogP contribution in [0, 0.1) is 11.3 Å². The Morgan fingerprint density at radius 2 is 1.93 bits per heavy atom. The van der Waals surface area contributed by atoms with Crippen LogP contribution in [-0.4, -0.2) is 19.7 Å². The van der Waals surface area contributed by atoms with E-state index >= 15 is 0 Å². The minimum absolute atomic E-state index is 0.0145. The molecule has 2 aromatic heterocycles. The molecule has 9 nitrogen and oxygen atoms in total. The Morgan fingerprint density at radius 1 is 1.24 bits per heavy atom. The van der Waals surface area contributed by atoms with Gasteiger partial charge in [0.25, 0.3) is 11.1 Å². The summed E-state index contributed by atoms with van der Waals surface area (Å²) in [4.78, 5) is 40.0. The molecule has 1 unspecified atom stereocenters. The summed E-state index contributed by atoms with van der Waals surface area (Å²) in [6.45, 7) is -1.01. The molecule has 3 rings (SSSR count). The number of nitrogens with one attached hydrogen (secondary N) is 2. The number of aromatic amines is 2. The molecule has 0 saturated heterocycles. The lowest BCUT2D eigenvalue weighted by molar-refractivity contribution is 0.478. The van der Waals surface area contributed by atoms with Crippen LogP contribution in [-0.2, 0) is 0 Å². The highest BCUT2D eigenvalue weighted by molar-refractivity contribution is 6.37. The Morgan fingerprint density at radius 3 is 2.55 bits per heavy atom. The number of nitrogens with zero attached hydrogens (tertiary/aromatic N) is 3. The molecule has 0 aliphatic carbocycles. The molecule has 0 spiro atoms. The number of hydrogen-bond donors (Lipinski definition) is 2. The van der Waals surface area contributed by atoms with Crippen molar-refractivity contribution < 1.29 is 8.85 Å². The first-order valence-corrected chi connectivity index (χ1v) is 8.71. The van der Waals surface area contributed by atoms with E-state index in [4.69, 9.17) is 37.3 Å².